The first kappa shape index (κ1) is 14.7. The molecule has 2 heterocycles. The number of fused-ring (bicyclic) bond motifs is 1. The van der Waals surface area contributed by atoms with E-state index in [9.17, 15) is 8.42 Å². The van der Waals surface area contributed by atoms with Gasteiger partial charge in [-0.3, -0.25) is 4.98 Å². The third-order valence-electron chi connectivity index (χ3n) is 3.34. The lowest BCUT2D eigenvalue weighted by molar-refractivity contribution is 0.353. The second-order valence-electron chi connectivity index (χ2n) is 5.03. The van der Waals surface area contributed by atoms with Crippen molar-refractivity contribution in [3.05, 3.63) is 64.3 Å². The van der Waals surface area contributed by atoms with Crippen LogP contribution in [0.2, 0.25) is 0 Å². The van der Waals surface area contributed by atoms with Crippen molar-refractivity contribution in [2.45, 2.75) is 13.5 Å². The number of aryl methyl sites for hydroxylation is 1. The minimum Gasteiger partial charge on any atom is -0.487 e. The topological polar surface area (TPSA) is 68.3 Å². The zero-order valence-corrected chi connectivity index (χ0v) is 12.9. The fourth-order valence-electron chi connectivity index (χ4n) is 2.21. The zero-order chi connectivity index (χ0) is 15.6. The molecule has 5 nitrogen and oxygen atoms in total. The molecule has 114 valence electrons. The first-order valence-electron chi connectivity index (χ1n) is 6.89. The Labute approximate surface area is 129 Å². The minimum absolute atomic E-state index is 0.0353. The minimum atomic E-state index is -3.59. The van der Waals surface area contributed by atoms with Crippen molar-refractivity contribution in [1.29, 1.82) is 0 Å². The van der Waals surface area contributed by atoms with E-state index in [4.69, 9.17) is 4.74 Å². The highest BCUT2D eigenvalue weighted by molar-refractivity contribution is 7.93. The summed E-state index contributed by atoms with van der Waals surface area (Å²) in [5.74, 6) is 0.696. The molecule has 1 aliphatic rings. The lowest BCUT2D eigenvalue weighted by Gasteiger charge is -2.18. The van der Waals surface area contributed by atoms with Crippen molar-refractivity contribution in [3.63, 3.8) is 0 Å². The fraction of sp³-hybridized carbons (Fsp3) is 0.188. The van der Waals surface area contributed by atoms with Crippen LogP contribution in [-0.4, -0.2) is 20.0 Å². The molecule has 0 bridgehead atoms. The van der Waals surface area contributed by atoms with Crippen LogP contribution < -0.4 is 9.46 Å². The van der Waals surface area contributed by atoms with Crippen LogP contribution in [0.1, 0.15) is 17.0 Å². The monoisotopic (exact) mass is 316 g/mol. The van der Waals surface area contributed by atoms with E-state index in [0.717, 1.165) is 11.3 Å². The molecule has 0 unspecified atom stereocenters. The Kier molecular flexibility index (Phi) is 3.96. The van der Waals surface area contributed by atoms with Gasteiger partial charge in [0.1, 0.15) is 12.4 Å². The van der Waals surface area contributed by atoms with Gasteiger partial charge in [-0.25, -0.2) is 13.1 Å². The third-order valence-corrected chi connectivity index (χ3v) is 4.79. The fourth-order valence-corrected chi connectivity index (χ4v) is 3.23. The van der Waals surface area contributed by atoms with Crippen molar-refractivity contribution in [2.24, 2.45) is 0 Å². The number of hydrogen-bond donors (Lipinski definition) is 1. The number of nitrogens with zero attached hydrogens (tertiary/aromatic N) is 1. The Morgan fingerprint density at radius 2 is 2.00 bits per heavy atom. The van der Waals surface area contributed by atoms with E-state index < -0.39 is 10.0 Å². The van der Waals surface area contributed by atoms with Crippen molar-refractivity contribution in [1.82, 2.24) is 9.71 Å². The summed E-state index contributed by atoms with van der Waals surface area (Å²) in [5, 5.41) is 0. The summed E-state index contributed by atoms with van der Waals surface area (Å²) in [7, 11) is -3.59. The molecule has 1 N–H and O–H groups in total. The van der Waals surface area contributed by atoms with Gasteiger partial charge in [-0.15, -0.1) is 0 Å². The number of nitrogens with one attached hydrogen (secondary N) is 1. The maximum absolute atomic E-state index is 12.4. The van der Waals surface area contributed by atoms with Crippen molar-refractivity contribution >= 4 is 16.1 Å². The molecular formula is C16H16N2O3S. The highest BCUT2D eigenvalue weighted by Gasteiger charge is 2.22. The first-order valence-corrected chi connectivity index (χ1v) is 8.37. The Hall–Kier alpha value is -2.18. The average Bonchev–Trinajstić information content (AvgIpc) is 2.53. The summed E-state index contributed by atoms with van der Waals surface area (Å²) in [6, 6.07) is 12.9. The molecule has 1 aromatic heterocycles. The van der Waals surface area contributed by atoms with E-state index in [-0.39, 0.29) is 18.1 Å². The number of para-hydroxylation sites is 1. The summed E-state index contributed by atoms with van der Waals surface area (Å²) in [4.78, 5) is 4.50. The van der Waals surface area contributed by atoms with Crippen LogP contribution in [0.5, 0.6) is 5.75 Å². The van der Waals surface area contributed by atoms with Crippen LogP contribution in [0.3, 0.4) is 0 Å². The number of sulfonamides is 1. The second kappa shape index (κ2) is 5.90. The van der Waals surface area contributed by atoms with Crippen LogP contribution >= 0.6 is 0 Å². The van der Waals surface area contributed by atoms with Gasteiger partial charge < -0.3 is 4.74 Å². The van der Waals surface area contributed by atoms with E-state index in [2.05, 4.69) is 9.71 Å². The average molecular weight is 316 g/mol. The predicted molar refractivity (Wildman–Crippen MR) is 84.6 cm³/mol. The number of hydrogen-bond acceptors (Lipinski definition) is 4. The van der Waals surface area contributed by atoms with E-state index in [1.165, 1.54) is 0 Å². The molecule has 0 aliphatic carbocycles. The number of rotatable bonds is 4. The maximum atomic E-state index is 12.4. The number of ether oxygens (including phenoxy) is 1. The standard InChI is InChI=1S/C16H16N2O3S/c1-12-5-4-7-14(18-12)10-17-22(19,20)15-9-13-6-2-3-8-16(13)21-11-15/h2-9,17H,10-11H2,1H3. The molecular weight excluding hydrogens is 300 g/mol. The quantitative estimate of drug-likeness (QED) is 0.939. The Morgan fingerprint density at radius 1 is 1.18 bits per heavy atom. The van der Waals surface area contributed by atoms with Gasteiger partial charge in [0.2, 0.25) is 10.0 Å². The molecule has 1 aliphatic heterocycles. The number of benzene rings is 1. The summed E-state index contributed by atoms with van der Waals surface area (Å²) >= 11 is 0. The summed E-state index contributed by atoms with van der Waals surface area (Å²) in [6.45, 7) is 2.06. The molecule has 1 aromatic carbocycles. The van der Waals surface area contributed by atoms with Crippen LogP contribution in [-0.2, 0) is 16.6 Å². The predicted octanol–water partition coefficient (Wildman–Crippen LogP) is 2.24. The summed E-state index contributed by atoms with van der Waals surface area (Å²) < 4.78 is 32.8. The molecule has 0 atom stereocenters. The molecule has 2 aromatic rings. The van der Waals surface area contributed by atoms with Crippen LogP contribution in [0.4, 0.5) is 0 Å². The van der Waals surface area contributed by atoms with Crippen LogP contribution in [0, 0.1) is 6.92 Å². The number of pyridine rings is 1. The molecule has 6 heteroatoms. The largest absolute Gasteiger partial charge is 0.487 e. The van der Waals surface area contributed by atoms with E-state index >= 15 is 0 Å². The smallest absolute Gasteiger partial charge is 0.240 e. The van der Waals surface area contributed by atoms with Crippen molar-refractivity contribution < 1.29 is 13.2 Å². The zero-order valence-electron chi connectivity index (χ0n) is 12.1. The van der Waals surface area contributed by atoms with Gasteiger partial charge in [0, 0.05) is 11.3 Å². The molecule has 0 radical (unpaired) electrons. The number of aromatic nitrogens is 1. The van der Waals surface area contributed by atoms with Crippen LogP contribution in [0.15, 0.2) is 47.4 Å². The summed E-state index contributed by atoms with van der Waals surface area (Å²) in [6.07, 6.45) is 1.64. The molecule has 22 heavy (non-hydrogen) atoms. The van der Waals surface area contributed by atoms with E-state index in [1.807, 2.05) is 43.3 Å². The van der Waals surface area contributed by atoms with E-state index in [1.54, 1.807) is 12.1 Å². The highest BCUT2D eigenvalue weighted by atomic mass is 32.2. The van der Waals surface area contributed by atoms with Crippen molar-refractivity contribution in [3.8, 4) is 5.75 Å². The molecule has 3 rings (SSSR count). The molecule has 0 amide bonds. The lowest BCUT2D eigenvalue weighted by Crippen LogP contribution is -2.28. The van der Waals surface area contributed by atoms with Gasteiger partial charge in [-0.2, -0.15) is 0 Å². The third kappa shape index (κ3) is 3.18. The van der Waals surface area contributed by atoms with Gasteiger partial charge in [-0.05, 0) is 31.2 Å². The molecule has 0 saturated carbocycles. The van der Waals surface area contributed by atoms with Gasteiger partial charge >= 0.3 is 0 Å². The Morgan fingerprint density at radius 3 is 2.82 bits per heavy atom. The Bertz CT molecular complexity index is 829. The highest BCUT2D eigenvalue weighted by Crippen LogP contribution is 2.27. The maximum Gasteiger partial charge on any atom is 0.240 e. The van der Waals surface area contributed by atoms with Crippen molar-refractivity contribution in [2.75, 3.05) is 6.61 Å². The van der Waals surface area contributed by atoms with Gasteiger partial charge in [0.05, 0.1) is 17.1 Å². The van der Waals surface area contributed by atoms with Crippen LogP contribution in [0.25, 0.3) is 6.08 Å². The Balaban J connectivity index is 1.78. The van der Waals surface area contributed by atoms with Gasteiger partial charge in [-0.1, -0.05) is 24.3 Å². The summed E-state index contributed by atoms with van der Waals surface area (Å²) in [5.41, 5.74) is 2.30. The molecule has 0 spiro atoms. The van der Waals surface area contributed by atoms with Gasteiger partial charge in [0.25, 0.3) is 0 Å². The first-order chi connectivity index (χ1) is 10.5. The SMILES string of the molecule is Cc1cccc(CNS(=O)(=O)C2=Cc3ccccc3OC2)n1. The second-order valence-corrected chi connectivity index (χ2v) is 6.85. The van der Waals surface area contributed by atoms with E-state index in [0.29, 0.717) is 11.4 Å². The van der Waals surface area contributed by atoms with Gasteiger partial charge in [0.15, 0.2) is 0 Å². The molecule has 0 fully saturated rings. The molecule has 0 saturated heterocycles. The lowest BCUT2D eigenvalue weighted by atomic mass is 10.1. The normalized spacial score (nSPS) is 14.0.